The summed E-state index contributed by atoms with van der Waals surface area (Å²) < 4.78 is 0. The second kappa shape index (κ2) is 6.99. The number of rotatable bonds is 3. The van der Waals surface area contributed by atoms with Crippen molar-refractivity contribution in [3.8, 4) is 0 Å². The third-order valence-electron chi connectivity index (χ3n) is 4.80. The van der Waals surface area contributed by atoms with Gasteiger partial charge in [-0.2, -0.15) is 5.10 Å². The first-order chi connectivity index (χ1) is 10.8. The van der Waals surface area contributed by atoms with Crippen LogP contribution >= 0.6 is 0 Å². The van der Waals surface area contributed by atoms with Crippen molar-refractivity contribution < 1.29 is 0 Å². The lowest BCUT2D eigenvalue weighted by Gasteiger charge is -2.28. The molecule has 0 amide bonds. The predicted octanol–water partition coefficient (Wildman–Crippen LogP) is 4.28. The van der Waals surface area contributed by atoms with E-state index in [-0.39, 0.29) is 0 Å². The number of hydrogen-bond donors (Lipinski definition) is 0. The maximum Gasteiger partial charge on any atom is 0.0424 e. The van der Waals surface area contributed by atoms with Crippen molar-refractivity contribution in [1.29, 1.82) is 0 Å². The van der Waals surface area contributed by atoms with Gasteiger partial charge >= 0.3 is 0 Å². The summed E-state index contributed by atoms with van der Waals surface area (Å²) in [5.74, 6) is 0.392. The van der Waals surface area contributed by atoms with E-state index in [2.05, 4.69) is 66.4 Å². The van der Waals surface area contributed by atoms with Crippen LogP contribution in [0.15, 0.2) is 47.2 Å². The summed E-state index contributed by atoms with van der Waals surface area (Å²) >= 11 is 0. The van der Waals surface area contributed by atoms with E-state index < -0.39 is 0 Å². The molecule has 0 aliphatic carbocycles. The molecule has 2 atom stereocenters. The number of para-hydroxylation sites is 1. The van der Waals surface area contributed by atoms with Gasteiger partial charge in [0.2, 0.25) is 0 Å². The van der Waals surface area contributed by atoms with Gasteiger partial charge in [-0.25, -0.2) is 0 Å². The van der Waals surface area contributed by atoms with Crippen LogP contribution < -0.4 is 4.90 Å². The summed E-state index contributed by atoms with van der Waals surface area (Å²) in [5.41, 5.74) is 2.60. The number of benzene rings is 1. The van der Waals surface area contributed by atoms with E-state index in [4.69, 9.17) is 5.10 Å². The summed E-state index contributed by atoms with van der Waals surface area (Å²) in [6, 6.07) is 11.1. The summed E-state index contributed by atoms with van der Waals surface area (Å²) in [6.07, 6.45) is 9.77. The molecule has 3 rings (SSSR count). The molecule has 1 saturated heterocycles. The number of nitrogens with zero attached hydrogens (tertiary/aromatic N) is 3. The lowest BCUT2D eigenvalue weighted by molar-refractivity contribution is 0.300. The Morgan fingerprint density at radius 2 is 1.73 bits per heavy atom. The minimum atomic E-state index is 0.392. The van der Waals surface area contributed by atoms with Crippen molar-refractivity contribution in [3.63, 3.8) is 0 Å². The van der Waals surface area contributed by atoms with Crippen LogP contribution in [0.5, 0.6) is 0 Å². The Bertz CT molecular complexity index is 527. The number of hydrogen-bond acceptors (Lipinski definition) is 3. The van der Waals surface area contributed by atoms with Crippen LogP contribution in [-0.2, 0) is 0 Å². The fourth-order valence-corrected chi connectivity index (χ4v) is 3.53. The fourth-order valence-electron chi connectivity index (χ4n) is 3.53. The largest absolute Gasteiger partial charge is 0.342 e. The zero-order chi connectivity index (χ0) is 15.4. The molecule has 0 N–H and O–H groups in total. The Labute approximate surface area is 134 Å². The molecule has 118 valence electrons. The molecule has 0 spiro atoms. The predicted molar refractivity (Wildman–Crippen MR) is 94.2 cm³/mol. The monoisotopic (exact) mass is 297 g/mol. The molecule has 22 heavy (non-hydrogen) atoms. The van der Waals surface area contributed by atoms with Crippen molar-refractivity contribution in [1.82, 2.24) is 5.01 Å². The van der Waals surface area contributed by atoms with Crippen molar-refractivity contribution in [2.75, 3.05) is 18.0 Å². The van der Waals surface area contributed by atoms with Gasteiger partial charge in [-0.05, 0) is 38.8 Å². The first-order valence-corrected chi connectivity index (χ1v) is 8.57. The van der Waals surface area contributed by atoms with Crippen LogP contribution in [-0.4, -0.2) is 30.4 Å². The summed E-state index contributed by atoms with van der Waals surface area (Å²) in [5, 5.41) is 7.03. The minimum absolute atomic E-state index is 0.392. The highest BCUT2D eigenvalue weighted by molar-refractivity contribution is 5.70. The molecule has 0 radical (unpaired) electrons. The molecule has 2 heterocycles. The van der Waals surface area contributed by atoms with Crippen molar-refractivity contribution in [3.05, 3.63) is 42.1 Å². The SMILES string of the molecule is CC1=CC(C=NN2CCCCCC2)C(C)N1c1ccccc1. The first-order valence-electron chi connectivity index (χ1n) is 8.57. The molecule has 0 saturated carbocycles. The van der Waals surface area contributed by atoms with E-state index in [1.54, 1.807) is 0 Å². The van der Waals surface area contributed by atoms with Gasteiger partial charge in [0, 0.05) is 42.6 Å². The lowest BCUT2D eigenvalue weighted by atomic mass is 10.1. The summed E-state index contributed by atoms with van der Waals surface area (Å²) in [6.45, 7) is 6.72. The molecular weight excluding hydrogens is 270 g/mol. The van der Waals surface area contributed by atoms with Crippen molar-refractivity contribution in [2.24, 2.45) is 11.0 Å². The minimum Gasteiger partial charge on any atom is -0.342 e. The molecule has 0 bridgehead atoms. The highest BCUT2D eigenvalue weighted by atomic mass is 15.4. The van der Waals surface area contributed by atoms with Gasteiger partial charge in [-0.1, -0.05) is 37.1 Å². The fraction of sp³-hybridized carbons (Fsp3) is 0.526. The number of hydrazone groups is 1. The Kier molecular flexibility index (Phi) is 4.81. The smallest absolute Gasteiger partial charge is 0.0424 e. The van der Waals surface area contributed by atoms with Gasteiger partial charge in [0.15, 0.2) is 0 Å². The molecule has 1 aromatic carbocycles. The van der Waals surface area contributed by atoms with Gasteiger partial charge in [0.1, 0.15) is 0 Å². The average Bonchev–Trinajstić information content (AvgIpc) is 2.72. The molecule has 2 aliphatic heterocycles. The zero-order valence-electron chi connectivity index (χ0n) is 13.8. The Morgan fingerprint density at radius 1 is 1.05 bits per heavy atom. The Balaban J connectivity index is 1.68. The summed E-state index contributed by atoms with van der Waals surface area (Å²) in [4.78, 5) is 2.42. The molecule has 1 fully saturated rings. The van der Waals surface area contributed by atoms with Crippen LogP contribution in [0.2, 0.25) is 0 Å². The van der Waals surface area contributed by atoms with Crippen LogP contribution in [0.25, 0.3) is 0 Å². The summed E-state index contributed by atoms with van der Waals surface area (Å²) in [7, 11) is 0. The molecule has 3 nitrogen and oxygen atoms in total. The van der Waals surface area contributed by atoms with Gasteiger partial charge in [0.05, 0.1) is 0 Å². The number of allylic oxidation sites excluding steroid dienone is 1. The van der Waals surface area contributed by atoms with Crippen LogP contribution in [0.4, 0.5) is 5.69 Å². The standard InChI is InChI=1S/C19H27N3/c1-16-14-18(15-20-21-12-8-3-4-9-13-21)17(2)22(16)19-10-6-5-7-11-19/h5-7,10-11,14-15,17-18H,3-4,8-9,12-13H2,1-2H3. The highest BCUT2D eigenvalue weighted by Crippen LogP contribution is 2.31. The molecular formula is C19H27N3. The molecule has 1 aromatic rings. The van der Waals surface area contributed by atoms with E-state index in [0.29, 0.717) is 12.0 Å². The second-order valence-electron chi connectivity index (χ2n) is 6.46. The molecule has 3 heteroatoms. The molecule has 2 aliphatic rings. The number of anilines is 1. The highest BCUT2D eigenvalue weighted by Gasteiger charge is 2.29. The van der Waals surface area contributed by atoms with Crippen molar-refractivity contribution in [2.45, 2.75) is 45.6 Å². The van der Waals surface area contributed by atoms with Crippen LogP contribution in [0, 0.1) is 5.92 Å². The zero-order valence-corrected chi connectivity index (χ0v) is 13.8. The average molecular weight is 297 g/mol. The second-order valence-corrected chi connectivity index (χ2v) is 6.46. The lowest BCUT2D eigenvalue weighted by Crippen LogP contribution is -2.31. The normalized spacial score (nSPS) is 26.4. The maximum absolute atomic E-state index is 4.78. The third kappa shape index (κ3) is 3.34. The van der Waals surface area contributed by atoms with Gasteiger partial charge in [-0.3, -0.25) is 5.01 Å². The molecule has 2 unspecified atom stereocenters. The van der Waals surface area contributed by atoms with Crippen LogP contribution in [0.3, 0.4) is 0 Å². The quantitative estimate of drug-likeness (QED) is 0.776. The van der Waals surface area contributed by atoms with Crippen molar-refractivity contribution >= 4 is 11.9 Å². The van der Waals surface area contributed by atoms with Gasteiger partial charge in [-0.15, -0.1) is 0 Å². The van der Waals surface area contributed by atoms with E-state index in [1.165, 1.54) is 37.1 Å². The maximum atomic E-state index is 4.78. The van der Waals surface area contributed by atoms with E-state index in [0.717, 1.165) is 13.1 Å². The van der Waals surface area contributed by atoms with E-state index >= 15 is 0 Å². The Morgan fingerprint density at radius 3 is 2.41 bits per heavy atom. The molecule has 0 aromatic heterocycles. The topological polar surface area (TPSA) is 18.8 Å². The van der Waals surface area contributed by atoms with E-state index in [1.807, 2.05) is 0 Å². The van der Waals surface area contributed by atoms with E-state index in [9.17, 15) is 0 Å². The van der Waals surface area contributed by atoms with Gasteiger partial charge in [0.25, 0.3) is 0 Å². The van der Waals surface area contributed by atoms with Crippen LogP contribution in [0.1, 0.15) is 39.5 Å². The van der Waals surface area contributed by atoms with Gasteiger partial charge < -0.3 is 4.90 Å². The third-order valence-corrected chi connectivity index (χ3v) is 4.80. The first kappa shape index (κ1) is 15.1. The Hall–Kier alpha value is -1.77.